The van der Waals surface area contributed by atoms with Gasteiger partial charge in [0.05, 0.1) is 0 Å². The molecule has 0 N–H and O–H groups in total. The lowest BCUT2D eigenvalue weighted by Crippen LogP contribution is -2.30. The van der Waals surface area contributed by atoms with Crippen molar-refractivity contribution >= 4 is 17.9 Å². The summed E-state index contributed by atoms with van der Waals surface area (Å²) in [5, 5.41) is 0. The van der Waals surface area contributed by atoms with E-state index in [4.69, 9.17) is 14.2 Å². The molecule has 0 bridgehead atoms. The fourth-order valence-electron chi connectivity index (χ4n) is 9.26. The smallest absolute Gasteiger partial charge is 0.306 e. The number of carbonyl (C=O) groups excluding carboxylic acids is 3. The van der Waals surface area contributed by atoms with Crippen LogP contribution in [-0.2, 0) is 28.6 Å². The second-order valence-corrected chi connectivity index (χ2v) is 21.0. The van der Waals surface area contributed by atoms with Crippen LogP contribution >= 0.6 is 0 Å². The zero-order valence-electron chi connectivity index (χ0n) is 46.6. The van der Waals surface area contributed by atoms with Crippen LogP contribution in [0.5, 0.6) is 0 Å². The first-order valence-electron chi connectivity index (χ1n) is 30.8. The maximum atomic E-state index is 12.9. The van der Waals surface area contributed by atoms with Gasteiger partial charge in [-0.25, -0.2) is 0 Å². The molecule has 0 spiro atoms. The van der Waals surface area contributed by atoms with Gasteiger partial charge < -0.3 is 14.2 Å². The van der Waals surface area contributed by atoms with Gasteiger partial charge >= 0.3 is 17.9 Å². The standard InChI is InChI=1S/C63H118O6/c1-4-7-10-13-16-19-22-25-27-29-31-33-35-38-41-44-47-50-53-56-62(65)68-59-60(58-67-61(64)55-52-49-46-43-40-37-24-21-18-15-12-9-6-3)69-63(66)57-54-51-48-45-42-39-36-34-32-30-28-26-23-20-17-14-11-8-5-2/h21,24-25,27,60H,4-20,22-23,26,28-59H2,1-3H3/b24-21-,27-25-/t60-/m1/s1. The Morgan fingerprint density at radius 2 is 0.478 bits per heavy atom. The number of carbonyl (C=O) groups is 3. The Balaban J connectivity index is 4.30. The lowest BCUT2D eigenvalue weighted by atomic mass is 10.0. The molecule has 0 amide bonds. The SMILES string of the molecule is CCCCCC/C=C\CCCCCCCC(=O)OC[C@H](COC(=O)CCCCCCCCCCC/C=C\CCCCCCCC)OC(=O)CCCCCCCCCCCCCCCCCCCCC. The fourth-order valence-corrected chi connectivity index (χ4v) is 9.26. The van der Waals surface area contributed by atoms with Crippen LogP contribution in [0.25, 0.3) is 0 Å². The molecule has 6 nitrogen and oxygen atoms in total. The molecule has 69 heavy (non-hydrogen) atoms. The van der Waals surface area contributed by atoms with E-state index in [9.17, 15) is 14.4 Å². The molecular formula is C63H118O6. The molecule has 0 unspecified atom stereocenters. The Labute approximate surface area is 430 Å². The van der Waals surface area contributed by atoms with Gasteiger partial charge in [-0.3, -0.25) is 14.4 Å². The second kappa shape index (κ2) is 58.5. The number of esters is 3. The topological polar surface area (TPSA) is 78.9 Å². The molecule has 0 aromatic rings. The van der Waals surface area contributed by atoms with Crippen molar-refractivity contribution in [2.45, 2.75) is 348 Å². The van der Waals surface area contributed by atoms with Crippen molar-refractivity contribution in [3.63, 3.8) is 0 Å². The molecule has 0 saturated carbocycles. The van der Waals surface area contributed by atoms with E-state index in [-0.39, 0.29) is 31.1 Å². The lowest BCUT2D eigenvalue weighted by molar-refractivity contribution is -0.167. The Hall–Kier alpha value is -2.11. The summed E-state index contributed by atoms with van der Waals surface area (Å²) in [5.74, 6) is -0.857. The van der Waals surface area contributed by atoms with Crippen LogP contribution in [0.1, 0.15) is 342 Å². The average Bonchev–Trinajstić information content (AvgIpc) is 3.35. The number of hydrogen-bond acceptors (Lipinski definition) is 6. The van der Waals surface area contributed by atoms with Crippen LogP contribution in [0.15, 0.2) is 24.3 Å². The van der Waals surface area contributed by atoms with Gasteiger partial charge in [0.1, 0.15) is 13.2 Å². The van der Waals surface area contributed by atoms with Crippen LogP contribution in [0.4, 0.5) is 0 Å². The van der Waals surface area contributed by atoms with Gasteiger partial charge in [0.2, 0.25) is 0 Å². The van der Waals surface area contributed by atoms with Crippen LogP contribution in [0.3, 0.4) is 0 Å². The summed E-state index contributed by atoms with van der Waals surface area (Å²) in [6.45, 7) is 6.67. The summed E-state index contributed by atoms with van der Waals surface area (Å²) in [7, 11) is 0. The third-order valence-electron chi connectivity index (χ3n) is 13.9. The van der Waals surface area contributed by atoms with Gasteiger partial charge in [-0.1, -0.05) is 276 Å². The van der Waals surface area contributed by atoms with Crippen molar-refractivity contribution < 1.29 is 28.6 Å². The van der Waals surface area contributed by atoms with Gasteiger partial charge in [-0.2, -0.15) is 0 Å². The molecule has 0 aliphatic carbocycles. The molecule has 6 heteroatoms. The first-order valence-corrected chi connectivity index (χ1v) is 30.8. The maximum absolute atomic E-state index is 12.9. The molecule has 406 valence electrons. The summed E-state index contributed by atoms with van der Waals surface area (Å²) >= 11 is 0. The summed E-state index contributed by atoms with van der Waals surface area (Å²) in [6.07, 6.45) is 68.9. The number of hydrogen-bond donors (Lipinski definition) is 0. The average molecular weight is 972 g/mol. The van der Waals surface area contributed by atoms with Crippen LogP contribution < -0.4 is 0 Å². The summed E-state index contributed by atoms with van der Waals surface area (Å²) in [4.78, 5) is 38.2. The molecule has 0 aliphatic heterocycles. The molecule has 1 atom stereocenters. The Morgan fingerprint density at radius 3 is 0.739 bits per heavy atom. The molecule has 0 aromatic carbocycles. The van der Waals surface area contributed by atoms with Crippen LogP contribution in [0, 0.1) is 0 Å². The molecular weight excluding hydrogens is 853 g/mol. The monoisotopic (exact) mass is 971 g/mol. The Morgan fingerprint density at radius 1 is 0.275 bits per heavy atom. The van der Waals surface area contributed by atoms with Gasteiger partial charge in [-0.15, -0.1) is 0 Å². The summed E-state index contributed by atoms with van der Waals surface area (Å²) < 4.78 is 16.9. The number of ether oxygens (including phenoxy) is 3. The van der Waals surface area contributed by atoms with Crippen molar-refractivity contribution in [3.8, 4) is 0 Å². The molecule has 0 rings (SSSR count). The predicted octanol–water partition coefficient (Wildman–Crippen LogP) is 20.7. The number of rotatable bonds is 57. The van der Waals surface area contributed by atoms with Crippen molar-refractivity contribution in [2.75, 3.05) is 13.2 Å². The van der Waals surface area contributed by atoms with E-state index >= 15 is 0 Å². The van der Waals surface area contributed by atoms with Gasteiger partial charge in [0.25, 0.3) is 0 Å². The zero-order chi connectivity index (χ0) is 50.0. The van der Waals surface area contributed by atoms with E-state index in [1.807, 2.05) is 0 Å². The highest BCUT2D eigenvalue weighted by Gasteiger charge is 2.19. The zero-order valence-corrected chi connectivity index (χ0v) is 46.6. The first-order chi connectivity index (χ1) is 34.0. The van der Waals surface area contributed by atoms with E-state index < -0.39 is 6.10 Å². The Bertz CT molecular complexity index is 1110. The Kier molecular flexibility index (Phi) is 56.7. The van der Waals surface area contributed by atoms with E-state index in [1.165, 1.54) is 238 Å². The highest BCUT2D eigenvalue weighted by Crippen LogP contribution is 2.17. The molecule has 0 radical (unpaired) electrons. The van der Waals surface area contributed by atoms with Crippen molar-refractivity contribution in [3.05, 3.63) is 24.3 Å². The lowest BCUT2D eigenvalue weighted by Gasteiger charge is -2.18. The second-order valence-electron chi connectivity index (χ2n) is 21.0. The van der Waals surface area contributed by atoms with Crippen LogP contribution in [-0.4, -0.2) is 37.2 Å². The first kappa shape index (κ1) is 66.9. The fraction of sp³-hybridized carbons (Fsp3) is 0.889. The summed E-state index contributed by atoms with van der Waals surface area (Å²) in [6, 6.07) is 0. The van der Waals surface area contributed by atoms with Gasteiger partial charge in [0.15, 0.2) is 6.10 Å². The summed E-state index contributed by atoms with van der Waals surface area (Å²) in [5.41, 5.74) is 0. The minimum atomic E-state index is -0.772. The number of allylic oxidation sites excluding steroid dienone is 4. The molecule has 0 fully saturated rings. The minimum Gasteiger partial charge on any atom is -0.462 e. The third kappa shape index (κ3) is 56.7. The van der Waals surface area contributed by atoms with Crippen molar-refractivity contribution in [1.82, 2.24) is 0 Å². The van der Waals surface area contributed by atoms with E-state index in [2.05, 4.69) is 45.1 Å². The highest BCUT2D eigenvalue weighted by atomic mass is 16.6. The van der Waals surface area contributed by atoms with E-state index in [0.717, 1.165) is 64.2 Å². The molecule has 0 heterocycles. The minimum absolute atomic E-state index is 0.0703. The molecule has 0 aromatic heterocycles. The van der Waals surface area contributed by atoms with Crippen molar-refractivity contribution in [1.29, 1.82) is 0 Å². The third-order valence-corrected chi connectivity index (χ3v) is 13.9. The molecule has 0 aliphatic rings. The molecule has 0 saturated heterocycles. The number of unbranched alkanes of at least 4 members (excludes halogenated alkanes) is 42. The normalized spacial score (nSPS) is 12.1. The van der Waals surface area contributed by atoms with Gasteiger partial charge in [-0.05, 0) is 70.6 Å². The van der Waals surface area contributed by atoms with Gasteiger partial charge in [0, 0.05) is 19.3 Å². The predicted molar refractivity (Wildman–Crippen MR) is 298 cm³/mol. The highest BCUT2D eigenvalue weighted by molar-refractivity contribution is 5.71. The largest absolute Gasteiger partial charge is 0.462 e. The van der Waals surface area contributed by atoms with Crippen molar-refractivity contribution in [2.24, 2.45) is 0 Å². The maximum Gasteiger partial charge on any atom is 0.306 e. The van der Waals surface area contributed by atoms with Crippen LogP contribution in [0.2, 0.25) is 0 Å². The van der Waals surface area contributed by atoms with E-state index in [1.54, 1.807) is 0 Å². The van der Waals surface area contributed by atoms with E-state index in [0.29, 0.717) is 19.3 Å². The quantitative estimate of drug-likeness (QED) is 0.0261.